The van der Waals surface area contributed by atoms with E-state index in [0.717, 1.165) is 18.2 Å². The van der Waals surface area contributed by atoms with Crippen LogP contribution >= 0.6 is 11.8 Å². The molecular weight excluding hydrogens is 328 g/mol. The number of esters is 1. The van der Waals surface area contributed by atoms with Crippen LogP contribution in [0.25, 0.3) is 0 Å². The molecule has 0 atom stereocenters. The van der Waals surface area contributed by atoms with Crippen LogP contribution in [-0.2, 0) is 22.4 Å². The second-order valence-corrected chi connectivity index (χ2v) is 6.02. The van der Waals surface area contributed by atoms with Crippen LogP contribution in [0.4, 0.5) is 0 Å². The van der Waals surface area contributed by atoms with Gasteiger partial charge in [0.1, 0.15) is 0 Å². The number of benzene rings is 1. The van der Waals surface area contributed by atoms with Crippen molar-refractivity contribution in [3.8, 4) is 0 Å². The van der Waals surface area contributed by atoms with E-state index in [-0.39, 0.29) is 23.5 Å². The zero-order valence-electron chi connectivity index (χ0n) is 13.5. The van der Waals surface area contributed by atoms with Crippen LogP contribution < -0.4 is 5.56 Å². The van der Waals surface area contributed by atoms with Crippen molar-refractivity contribution in [2.45, 2.75) is 24.9 Å². The molecule has 1 aromatic heterocycles. The topological polar surface area (TPSA) is 89.1 Å². The summed E-state index contributed by atoms with van der Waals surface area (Å²) in [5.41, 5.74) is 1.73. The number of H-pyrrole nitrogens is 1. The predicted molar refractivity (Wildman–Crippen MR) is 91.5 cm³/mol. The Balaban J connectivity index is 2.03. The zero-order valence-corrected chi connectivity index (χ0v) is 14.3. The molecule has 1 aromatic carbocycles. The summed E-state index contributed by atoms with van der Waals surface area (Å²) in [5, 5.41) is 0.305. The maximum absolute atomic E-state index is 12.2. The van der Waals surface area contributed by atoms with Gasteiger partial charge in [-0.25, -0.2) is 4.98 Å². The summed E-state index contributed by atoms with van der Waals surface area (Å²) in [7, 11) is 1.27. The summed E-state index contributed by atoms with van der Waals surface area (Å²) >= 11 is 1.13. The Morgan fingerprint density at radius 2 is 1.96 bits per heavy atom. The number of Topliss-reactive ketones (excluding diaryl/α,β-unsaturated/α-hetero) is 1. The molecule has 0 aliphatic heterocycles. The van der Waals surface area contributed by atoms with E-state index in [4.69, 9.17) is 0 Å². The monoisotopic (exact) mass is 346 g/mol. The van der Waals surface area contributed by atoms with Gasteiger partial charge in [-0.15, -0.1) is 0 Å². The molecule has 0 bridgehead atoms. The van der Waals surface area contributed by atoms with Crippen molar-refractivity contribution in [3.63, 3.8) is 0 Å². The number of carbonyl (C=O) groups excluding carboxylic acids is 2. The van der Waals surface area contributed by atoms with Crippen molar-refractivity contribution in [2.75, 3.05) is 12.9 Å². The molecule has 0 saturated heterocycles. The third-order valence-corrected chi connectivity index (χ3v) is 4.22. The molecule has 0 unspecified atom stereocenters. The summed E-state index contributed by atoms with van der Waals surface area (Å²) in [4.78, 5) is 41.8. The Kier molecular flexibility index (Phi) is 6.31. The number of aromatic amines is 1. The molecule has 0 spiro atoms. The minimum Gasteiger partial charge on any atom is -0.469 e. The second-order valence-electron chi connectivity index (χ2n) is 5.06. The van der Waals surface area contributed by atoms with Gasteiger partial charge in [-0.1, -0.05) is 43.0 Å². The Hall–Kier alpha value is -2.41. The van der Waals surface area contributed by atoms with Gasteiger partial charge in [-0.05, 0) is 12.0 Å². The number of methoxy groups -OCH3 is 1. The third kappa shape index (κ3) is 5.06. The van der Waals surface area contributed by atoms with Crippen molar-refractivity contribution in [3.05, 3.63) is 57.5 Å². The van der Waals surface area contributed by atoms with Crippen LogP contribution in [0.3, 0.4) is 0 Å². The normalized spacial score (nSPS) is 10.4. The van der Waals surface area contributed by atoms with Crippen molar-refractivity contribution in [2.24, 2.45) is 0 Å². The van der Waals surface area contributed by atoms with Crippen molar-refractivity contribution < 1.29 is 14.3 Å². The first-order chi connectivity index (χ1) is 11.5. The van der Waals surface area contributed by atoms with E-state index < -0.39 is 5.97 Å². The lowest BCUT2D eigenvalue weighted by Crippen LogP contribution is -2.14. The van der Waals surface area contributed by atoms with Gasteiger partial charge in [-0.3, -0.25) is 14.4 Å². The minimum absolute atomic E-state index is 0.0522. The zero-order chi connectivity index (χ0) is 17.5. The molecule has 126 valence electrons. The molecule has 0 saturated carbocycles. The van der Waals surface area contributed by atoms with Crippen LogP contribution in [-0.4, -0.2) is 34.6 Å². The lowest BCUT2D eigenvalue weighted by atomic mass is 10.1. The first-order valence-corrected chi connectivity index (χ1v) is 8.42. The van der Waals surface area contributed by atoms with Crippen molar-refractivity contribution in [1.82, 2.24) is 9.97 Å². The second kappa shape index (κ2) is 8.44. The molecule has 0 radical (unpaired) electrons. The highest BCUT2D eigenvalue weighted by Gasteiger charge is 2.11. The van der Waals surface area contributed by atoms with Crippen LogP contribution in [0.15, 0.2) is 40.3 Å². The fraction of sp³-hybridized carbons (Fsp3) is 0.294. The molecule has 6 nitrogen and oxygen atoms in total. The molecule has 0 amide bonds. The lowest BCUT2D eigenvalue weighted by molar-refractivity contribution is -0.139. The van der Waals surface area contributed by atoms with E-state index in [2.05, 4.69) is 21.6 Å². The van der Waals surface area contributed by atoms with E-state index in [1.165, 1.54) is 18.7 Å². The van der Waals surface area contributed by atoms with Crippen LogP contribution in [0.2, 0.25) is 0 Å². The van der Waals surface area contributed by atoms with E-state index in [1.54, 1.807) is 12.1 Å². The van der Waals surface area contributed by atoms with Gasteiger partial charge in [0.25, 0.3) is 5.56 Å². The van der Waals surface area contributed by atoms with Gasteiger partial charge < -0.3 is 9.72 Å². The van der Waals surface area contributed by atoms with Crippen LogP contribution in [0, 0.1) is 0 Å². The van der Waals surface area contributed by atoms with Crippen molar-refractivity contribution >= 4 is 23.5 Å². The first kappa shape index (κ1) is 17.9. The van der Waals surface area contributed by atoms with Crippen molar-refractivity contribution in [1.29, 1.82) is 0 Å². The van der Waals surface area contributed by atoms with Gasteiger partial charge in [0.15, 0.2) is 10.9 Å². The fourth-order valence-corrected chi connectivity index (χ4v) is 2.80. The number of aromatic nitrogens is 2. The van der Waals surface area contributed by atoms with E-state index >= 15 is 0 Å². The standard InChI is InChI=1S/C17H18N2O4S/c1-3-11-4-6-12(7-5-11)14(20)10-24-17-18-13(8-15(21)19-17)9-16(22)23-2/h4-8H,3,9-10H2,1-2H3,(H,18,19,21). The van der Waals surface area contributed by atoms with E-state index in [1.807, 2.05) is 12.1 Å². The summed E-state index contributed by atoms with van der Waals surface area (Å²) < 4.78 is 4.56. The number of hydrogen-bond acceptors (Lipinski definition) is 6. The van der Waals surface area contributed by atoms with Crippen LogP contribution in [0.1, 0.15) is 28.5 Å². The number of rotatable bonds is 7. The summed E-state index contributed by atoms with van der Waals surface area (Å²) in [6.07, 6.45) is 0.835. The maximum atomic E-state index is 12.2. The lowest BCUT2D eigenvalue weighted by Gasteiger charge is -2.04. The average Bonchev–Trinajstić information content (AvgIpc) is 2.59. The van der Waals surface area contributed by atoms with E-state index in [9.17, 15) is 14.4 Å². The number of ketones is 1. The van der Waals surface area contributed by atoms with Gasteiger partial charge >= 0.3 is 5.97 Å². The van der Waals surface area contributed by atoms with Gasteiger partial charge in [0.05, 0.1) is 25.0 Å². The molecule has 1 heterocycles. The number of aryl methyl sites for hydroxylation is 1. The maximum Gasteiger partial charge on any atom is 0.311 e. The van der Waals surface area contributed by atoms with Gasteiger partial charge in [-0.2, -0.15) is 0 Å². The number of nitrogens with zero attached hydrogens (tertiary/aromatic N) is 1. The Morgan fingerprint density at radius 3 is 2.58 bits per heavy atom. The third-order valence-electron chi connectivity index (χ3n) is 3.35. The highest BCUT2D eigenvalue weighted by atomic mass is 32.2. The van der Waals surface area contributed by atoms with E-state index in [0.29, 0.717) is 16.4 Å². The predicted octanol–water partition coefficient (Wildman–Crippen LogP) is 2.02. The first-order valence-electron chi connectivity index (χ1n) is 7.43. The summed E-state index contributed by atoms with van der Waals surface area (Å²) in [6.45, 7) is 2.05. The largest absolute Gasteiger partial charge is 0.469 e. The molecule has 0 aliphatic rings. The molecule has 7 heteroatoms. The molecule has 24 heavy (non-hydrogen) atoms. The number of carbonyl (C=O) groups is 2. The summed E-state index contributed by atoms with van der Waals surface area (Å²) in [6, 6.07) is 8.69. The number of thioether (sulfide) groups is 1. The number of hydrogen-bond donors (Lipinski definition) is 1. The number of nitrogens with one attached hydrogen (secondary N) is 1. The number of ether oxygens (including phenoxy) is 1. The summed E-state index contributed by atoms with van der Waals surface area (Å²) in [5.74, 6) is -0.379. The highest BCUT2D eigenvalue weighted by Crippen LogP contribution is 2.15. The van der Waals surface area contributed by atoms with Gasteiger partial charge in [0.2, 0.25) is 0 Å². The fourth-order valence-electron chi connectivity index (χ4n) is 2.01. The minimum atomic E-state index is -0.476. The average molecular weight is 346 g/mol. The highest BCUT2D eigenvalue weighted by molar-refractivity contribution is 7.99. The molecule has 2 aromatic rings. The molecule has 0 aliphatic carbocycles. The molecular formula is C17H18N2O4S. The molecule has 1 N–H and O–H groups in total. The molecule has 2 rings (SSSR count). The quantitative estimate of drug-likeness (QED) is 0.357. The Bertz CT molecular complexity index is 784. The SMILES string of the molecule is CCc1ccc(C(=O)CSc2nc(CC(=O)OC)cc(=O)[nH]2)cc1. The van der Waals surface area contributed by atoms with Gasteiger partial charge in [0, 0.05) is 11.6 Å². The smallest absolute Gasteiger partial charge is 0.311 e. The Labute approximate surface area is 143 Å². The Morgan fingerprint density at radius 1 is 1.25 bits per heavy atom. The molecule has 0 fully saturated rings. The van der Waals surface area contributed by atoms with Crippen LogP contribution in [0.5, 0.6) is 0 Å².